The van der Waals surface area contributed by atoms with Gasteiger partial charge in [0.1, 0.15) is 5.69 Å². The second kappa shape index (κ2) is 7.93. The van der Waals surface area contributed by atoms with Crippen molar-refractivity contribution in [3.8, 4) is 11.5 Å². The third-order valence-electron chi connectivity index (χ3n) is 4.64. The van der Waals surface area contributed by atoms with E-state index in [4.69, 9.17) is 13.7 Å². The van der Waals surface area contributed by atoms with Gasteiger partial charge in [0, 0.05) is 19.6 Å². The monoisotopic (exact) mass is 420 g/mol. The molecule has 11 heteroatoms. The number of ether oxygens (including phenoxy) is 1. The minimum absolute atomic E-state index is 0.0250. The first-order valence-electron chi connectivity index (χ1n) is 9.10. The van der Waals surface area contributed by atoms with Crippen molar-refractivity contribution < 1.29 is 26.9 Å². The summed E-state index contributed by atoms with van der Waals surface area (Å²) in [5.74, 6) is -0.153. The zero-order valence-corrected chi connectivity index (χ0v) is 16.6. The van der Waals surface area contributed by atoms with Crippen LogP contribution in [-0.2, 0) is 14.8 Å². The highest BCUT2D eigenvalue weighted by atomic mass is 32.2. The molecule has 1 N–H and O–H groups in total. The summed E-state index contributed by atoms with van der Waals surface area (Å²) >= 11 is 0. The number of carbonyl (C=O) groups excluding carboxylic acids is 1. The van der Waals surface area contributed by atoms with E-state index in [1.807, 2.05) is 0 Å². The number of nitrogens with zero attached hydrogens (tertiary/aromatic N) is 3. The minimum Gasteiger partial charge on any atom is -0.463 e. The highest BCUT2D eigenvalue weighted by Crippen LogP contribution is 2.27. The van der Waals surface area contributed by atoms with Gasteiger partial charge in [-0.3, -0.25) is 4.79 Å². The van der Waals surface area contributed by atoms with Gasteiger partial charge in [-0.15, -0.1) is 0 Å². The Balaban J connectivity index is 1.53. The van der Waals surface area contributed by atoms with E-state index < -0.39 is 15.9 Å². The maximum Gasteiger partial charge on any atom is 0.259 e. The van der Waals surface area contributed by atoms with E-state index in [0.717, 1.165) is 0 Å². The molecule has 1 saturated heterocycles. The molecule has 0 aliphatic carbocycles. The molecule has 1 aliphatic heterocycles. The summed E-state index contributed by atoms with van der Waals surface area (Å²) in [6, 6.07) is 5.01. The Morgan fingerprint density at radius 2 is 2.10 bits per heavy atom. The Hall–Kier alpha value is -2.76. The van der Waals surface area contributed by atoms with Crippen LogP contribution in [0.25, 0.3) is 22.6 Å². The molecule has 0 aromatic carbocycles. The van der Waals surface area contributed by atoms with Crippen molar-refractivity contribution in [1.29, 1.82) is 0 Å². The smallest absolute Gasteiger partial charge is 0.259 e. The van der Waals surface area contributed by atoms with Gasteiger partial charge in [0.05, 0.1) is 41.9 Å². The number of aromatic nitrogens is 2. The topological polar surface area (TPSA) is 128 Å². The number of carbonyl (C=O) groups is 1. The van der Waals surface area contributed by atoms with Gasteiger partial charge in [-0.25, -0.2) is 13.4 Å². The quantitative estimate of drug-likeness (QED) is 0.630. The summed E-state index contributed by atoms with van der Waals surface area (Å²) in [5, 5.41) is 7.03. The summed E-state index contributed by atoms with van der Waals surface area (Å²) in [4.78, 5) is 17.2. The summed E-state index contributed by atoms with van der Waals surface area (Å²) in [6.07, 6.45) is 1.50. The van der Waals surface area contributed by atoms with Crippen LogP contribution in [0.15, 0.2) is 33.4 Å². The van der Waals surface area contributed by atoms with Gasteiger partial charge in [0.2, 0.25) is 10.0 Å². The number of amides is 1. The highest BCUT2D eigenvalue weighted by Gasteiger charge is 2.25. The zero-order valence-electron chi connectivity index (χ0n) is 15.8. The normalized spacial score (nSPS) is 15.6. The van der Waals surface area contributed by atoms with Gasteiger partial charge in [-0.05, 0) is 25.1 Å². The third kappa shape index (κ3) is 4.02. The van der Waals surface area contributed by atoms with E-state index in [9.17, 15) is 13.2 Å². The molecular formula is C18H20N4O6S. The number of pyridine rings is 1. The van der Waals surface area contributed by atoms with Crippen molar-refractivity contribution >= 4 is 27.0 Å². The lowest BCUT2D eigenvalue weighted by Gasteiger charge is -2.26. The number of fused-ring (bicyclic) bond motifs is 1. The predicted octanol–water partition coefficient (Wildman–Crippen LogP) is 1.18. The summed E-state index contributed by atoms with van der Waals surface area (Å²) in [5.41, 5.74) is 1.45. The standard InChI is InChI=1S/C18H20N4O6S/c1-12-16-13(11-14(15-3-2-7-27-15)20-18(16)28-21-12)17(23)19-4-10-29(24,25)22-5-8-26-9-6-22/h2-3,7,11H,4-6,8-10H2,1H3,(H,19,23). The predicted molar refractivity (Wildman–Crippen MR) is 103 cm³/mol. The molecule has 1 fully saturated rings. The molecule has 0 atom stereocenters. The average molecular weight is 420 g/mol. The molecule has 29 heavy (non-hydrogen) atoms. The Morgan fingerprint density at radius 1 is 1.31 bits per heavy atom. The van der Waals surface area contributed by atoms with Crippen LogP contribution in [0.1, 0.15) is 16.1 Å². The van der Waals surface area contributed by atoms with Gasteiger partial charge in [0.15, 0.2) is 5.76 Å². The van der Waals surface area contributed by atoms with Gasteiger partial charge in [-0.2, -0.15) is 4.31 Å². The number of furan rings is 1. The molecule has 0 bridgehead atoms. The molecule has 1 aliphatic rings. The first kappa shape index (κ1) is 19.6. The lowest BCUT2D eigenvalue weighted by atomic mass is 10.1. The second-order valence-electron chi connectivity index (χ2n) is 6.56. The van der Waals surface area contributed by atoms with Crippen molar-refractivity contribution in [3.63, 3.8) is 0 Å². The van der Waals surface area contributed by atoms with Crippen LogP contribution in [0, 0.1) is 6.92 Å². The largest absolute Gasteiger partial charge is 0.463 e. The van der Waals surface area contributed by atoms with Crippen LogP contribution < -0.4 is 5.32 Å². The van der Waals surface area contributed by atoms with E-state index in [0.29, 0.717) is 54.4 Å². The molecular weight excluding hydrogens is 400 g/mol. The fourth-order valence-electron chi connectivity index (χ4n) is 3.17. The van der Waals surface area contributed by atoms with E-state index in [1.165, 1.54) is 10.6 Å². The van der Waals surface area contributed by atoms with Crippen molar-refractivity contribution in [2.24, 2.45) is 0 Å². The number of sulfonamides is 1. The summed E-state index contributed by atoms with van der Waals surface area (Å²) in [6.45, 7) is 3.09. The number of hydrogen-bond acceptors (Lipinski definition) is 8. The lowest BCUT2D eigenvalue weighted by Crippen LogP contribution is -2.43. The first-order chi connectivity index (χ1) is 14.0. The molecule has 4 rings (SSSR count). The number of hydrogen-bond donors (Lipinski definition) is 1. The highest BCUT2D eigenvalue weighted by molar-refractivity contribution is 7.89. The van der Waals surface area contributed by atoms with Crippen LogP contribution in [0.2, 0.25) is 0 Å². The number of nitrogens with one attached hydrogen (secondary N) is 1. The Morgan fingerprint density at radius 3 is 2.83 bits per heavy atom. The van der Waals surface area contributed by atoms with Gasteiger partial charge in [-0.1, -0.05) is 5.16 Å². The maximum absolute atomic E-state index is 12.8. The second-order valence-corrected chi connectivity index (χ2v) is 8.65. The molecule has 154 valence electrons. The fourth-order valence-corrected chi connectivity index (χ4v) is 4.49. The van der Waals surface area contributed by atoms with Crippen LogP contribution >= 0.6 is 0 Å². The first-order valence-corrected chi connectivity index (χ1v) is 10.7. The van der Waals surface area contributed by atoms with Gasteiger partial charge in [0.25, 0.3) is 11.6 Å². The van der Waals surface area contributed by atoms with Crippen LogP contribution in [-0.4, -0.2) is 67.4 Å². The van der Waals surface area contributed by atoms with E-state index >= 15 is 0 Å². The average Bonchev–Trinajstić information content (AvgIpc) is 3.38. The zero-order chi connectivity index (χ0) is 20.4. The molecule has 1 amide bonds. The third-order valence-corrected chi connectivity index (χ3v) is 6.52. The number of morpholine rings is 1. The molecule has 0 unspecified atom stereocenters. The van der Waals surface area contributed by atoms with E-state index in [2.05, 4.69) is 15.5 Å². The van der Waals surface area contributed by atoms with Gasteiger partial charge >= 0.3 is 0 Å². The SMILES string of the molecule is Cc1noc2nc(-c3ccco3)cc(C(=O)NCCS(=O)(=O)N3CCOCC3)c12. The molecule has 0 saturated carbocycles. The minimum atomic E-state index is -3.46. The Kier molecular flexibility index (Phi) is 5.35. The van der Waals surface area contributed by atoms with Crippen molar-refractivity contribution in [3.05, 3.63) is 35.7 Å². The van der Waals surface area contributed by atoms with Crippen molar-refractivity contribution in [2.45, 2.75) is 6.92 Å². The Bertz CT molecular complexity index is 1120. The van der Waals surface area contributed by atoms with E-state index in [1.54, 1.807) is 25.1 Å². The molecule has 0 radical (unpaired) electrons. The van der Waals surface area contributed by atoms with Gasteiger partial charge < -0.3 is 19.0 Å². The van der Waals surface area contributed by atoms with E-state index in [-0.39, 0.29) is 18.0 Å². The van der Waals surface area contributed by atoms with Crippen molar-refractivity contribution in [2.75, 3.05) is 38.6 Å². The number of rotatable bonds is 6. The fraction of sp³-hybridized carbons (Fsp3) is 0.389. The van der Waals surface area contributed by atoms with Crippen molar-refractivity contribution in [1.82, 2.24) is 19.8 Å². The summed E-state index contributed by atoms with van der Waals surface area (Å²) < 4.78 is 41.9. The molecule has 3 aromatic heterocycles. The maximum atomic E-state index is 12.8. The molecule has 4 heterocycles. The van der Waals surface area contributed by atoms with Crippen LogP contribution in [0.4, 0.5) is 0 Å². The molecule has 0 spiro atoms. The Labute approximate surface area is 166 Å². The molecule has 10 nitrogen and oxygen atoms in total. The number of aryl methyl sites for hydroxylation is 1. The van der Waals surface area contributed by atoms with Crippen LogP contribution in [0.3, 0.4) is 0 Å². The summed E-state index contributed by atoms with van der Waals surface area (Å²) in [7, 11) is -3.46. The van der Waals surface area contributed by atoms with Crippen LogP contribution in [0.5, 0.6) is 0 Å². The lowest BCUT2D eigenvalue weighted by molar-refractivity contribution is 0.0730. The molecule has 3 aromatic rings.